The molecule has 0 bridgehead atoms. The summed E-state index contributed by atoms with van der Waals surface area (Å²) in [6.45, 7) is 2.28. The van der Waals surface area contributed by atoms with Crippen LogP contribution in [-0.2, 0) is 4.74 Å². The average molecular weight is 322 g/mol. The lowest BCUT2D eigenvalue weighted by Gasteiger charge is -2.23. The number of carbonyl (C=O) groups is 1. The molecule has 7 heteroatoms. The first kappa shape index (κ1) is 14.0. The summed E-state index contributed by atoms with van der Waals surface area (Å²) in [6.07, 6.45) is 3.42. The lowest BCUT2D eigenvalue weighted by molar-refractivity contribution is 0.0627. The second kappa shape index (κ2) is 4.94. The monoisotopic (exact) mass is 321 g/mol. The number of aliphatic hydroxyl groups excluding tert-OH is 1. The number of halogens is 1. The summed E-state index contributed by atoms with van der Waals surface area (Å²) < 4.78 is 7.22. The van der Waals surface area contributed by atoms with Crippen LogP contribution >= 0.6 is 11.6 Å². The van der Waals surface area contributed by atoms with Crippen molar-refractivity contribution in [1.82, 2.24) is 14.3 Å². The number of carbonyl (C=O) groups excluding carboxylic acids is 1. The predicted molar refractivity (Wildman–Crippen MR) is 79.9 cm³/mol. The Balaban J connectivity index is 1.61. The topological polar surface area (TPSA) is 67.1 Å². The fraction of sp³-hybridized carbons (Fsp3) is 0.467. The van der Waals surface area contributed by atoms with Gasteiger partial charge in [-0.05, 0) is 12.1 Å². The van der Waals surface area contributed by atoms with E-state index in [1.54, 1.807) is 33.8 Å². The van der Waals surface area contributed by atoms with Gasteiger partial charge in [-0.25, -0.2) is 4.98 Å². The summed E-state index contributed by atoms with van der Waals surface area (Å²) in [5.41, 5.74) is 0.779. The standard InChI is InChI=1S/C15H16ClN3O3/c16-11-1-2-13-17-12(5-18(13)4-11)14(21)19-3-10-6-22-9-15(10,7-19)8-20/h1-2,4-5,10,20H,3,6-9H2/t10-,15-/m0/s1. The van der Waals surface area contributed by atoms with E-state index in [0.717, 1.165) is 0 Å². The predicted octanol–water partition coefficient (Wildman–Crippen LogP) is 1.07. The minimum atomic E-state index is -0.307. The van der Waals surface area contributed by atoms with E-state index in [0.29, 0.717) is 42.7 Å². The highest BCUT2D eigenvalue weighted by molar-refractivity contribution is 6.30. The van der Waals surface area contributed by atoms with Crippen LogP contribution in [0.2, 0.25) is 5.02 Å². The van der Waals surface area contributed by atoms with Gasteiger partial charge in [-0.1, -0.05) is 11.6 Å². The molecule has 116 valence electrons. The van der Waals surface area contributed by atoms with Crippen molar-refractivity contribution in [3.8, 4) is 0 Å². The van der Waals surface area contributed by atoms with Crippen molar-refractivity contribution < 1.29 is 14.6 Å². The number of pyridine rings is 1. The molecule has 6 nitrogen and oxygen atoms in total. The highest BCUT2D eigenvalue weighted by Gasteiger charge is 2.51. The molecule has 0 unspecified atom stereocenters. The number of nitrogens with zero attached hydrogens (tertiary/aromatic N) is 3. The molecule has 2 aliphatic heterocycles. The molecule has 1 amide bonds. The molecule has 2 aliphatic rings. The Morgan fingerprint density at radius 2 is 2.36 bits per heavy atom. The number of rotatable bonds is 2. The molecule has 0 radical (unpaired) electrons. The Bertz CT molecular complexity index is 747. The normalized spacial score (nSPS) is 27.5. The Hall–Kier alpha value is -1.63. The summed E-state index contributed by atoms with van der Waals surface area (Å²) in [5.74, 6) is 0.0926. The number of ether oxygens (including phenoxy) is 1. The van der Waals surface area contributed by atoms with Crippen LogP contribution in [0.5, 0.6) is 0 Å². The molecule has 0 aliphatic carbocycles. The van der Waals surface area contributed by atoms with Gasteiger partial charge in [-0.2, -0.15) is 0 Å². The minimum absolute atomic E-state index is 0.0439. The van der Waals surface area contributed by atoms with E-state index in [-0.39, 0.29) is 23.8 Å². The third-order valence-corrected chi connectivity index (χ3v) is 4.98. The zero-order valence-corrected chi connectivity index (χ0v) is 12.7. The molecule has 0 spiro atoms. The number of hydrogen-bond donors (Lipinski definition) is 1. The molecule has 1 N–H and O–H groups in total. The number of imidazole rings is 1. The van der Waals surface area contributed by atoms with Gasteiger partial charge in [0, 0.05) is 36.8 Å². The van der Waals surface area contributed by atoms with Crippen LogP contribution in [0.3, 0.4) is 0 Å². The number of aromatic nitrogens is 2. The third-order valence-electron chi connectivity index (χ3n) is 4.76. The number of hydrogen-bond acceptors (Lipinski definition) is 4. The van der Waals surface area contributed by atoms with Crippen molar-refractivity contribution in [2.75, 3.05) is 32.9 Å². The van der Waals surface area contributed by atoms with Gasteiger partial charge < -0.3 is 19.1 Å². The quantitative estimate of drug-likeness (QED) is 0.898. The van der Waals surface area contributed by atoms with E-state index in [4.69, 9.17) is 16.3 Å². The van der Waals surface area contributed by atoms with Gasteiger partial charge in [0.1, 0.15) is 11.3 Å². The average Bonchev–Trinajstić information content (AvgIpc) is 3.17. The highest BCUT2D eigenvalue weighted by Crippen LogP contribution is 2.41. The largest absolute Gasteiger partial charge is 0.396 e. The maximum Gasteiger partial charge on any atom is 0.274 e. The van der Waals surface area contributed by atoms with E-state index in [9.17, 15) is 9.90 Å². The maximum absolute atomic E-state index is 12.7. The van der Waals surface area contributed by atoms with Crippen LogP contribution < -0.4 is 0 Å². The zero-order chi connectivity index (χ0) is 15.3. The Labute approximate surface area is 132 Å². The van der Waals surface area contributed by atoms with Crippen LogP contribution in [0.25, 0.3) is 5.65 Å². The first-order valence-corrected chi connectivity index (χ1v) is 7.61. The van der Waals surface area contributed by atoms with Gasteiger partial charge >= 0.3 is 0 Å². The second-order valence-electron chi connectivity index (χ2n) is 6.16. The second-order valence-corrected chi connectivity index (χ2v) is 6.59. The number of fused-ring (bicyclic) bond motifs is 2. The van der Waals surface area contributed by atoms with Crippen molar-refractivity contribution >= 4 is 23.2 Å². The van der Waals surface area contributed by atoms with E-state index >= 15 is 0 Å². The van der Waals surface area contributed by atoms with E-state index in [1.165, 1.54) is 0 Å². The Morgan fingerprint density at radius 1 is 1.50 bits per heavy atom. The lowest BCUT2D eigenvalue weighted by atomic mass is 9.82. The molecule has 2 atom stereocenters. The lowest BCUT2D eigenvalue weighted by Crippen LogP contribution is -2.36. The smallest absolute Gasteiger partial charge is 0.274 e. The van der Waals surface area contributed by atoms with Crippen molar-refractivity contribution in [3.63, 3.8) is 0 Å². The van der Waals surface area contributed by atoms with Gasteiger partial charge in [0.05, 0.1) is 24.8 Å². The minimum Gasteiger partial charge on any atom is -0.396 e. The number of amides is 1. The third kappa shape index (κ3) is 2.02. The molecule has 22 heavy (non-hydrogen) atoms. The fourth-order valence-electron chi connectivity index (χ4n) is 3.44. The van der Waals surface area contributed by atoms with Crippen LogP contribution in [0.4, 0.5) is 0 Å². The zero-order valence-electron chi connectivity index (χ0n) is 11.9. The van der Waals surface area contributed by atoms with Crippen molar-refractivity contribution in [2.45, 2.75) is 0 Å². The van der Waals surface area contributed by atoms with Gasteiger partial charge in [0.25, 0.3) is 5.91 Å². The molecule has 4 rings (SSSR count). The molecule has 2 aromatic heterocycles. The first-order valence-electron chi connectivity index (χ1n) is 7.23. The van der Waals surface area contributed by atoms with Crippen molar-refractivity contribution in [2.24, 2.45) is 11.3 Å². The molecule has 0 saturated carbocycles. The Kier molecular flexibility index (Phi) is 3.14. The van der Waals surface area contributed by atoms with Gasteiger partial charge in [-0.3, -0.25) is 4.79 Å². The van der Waals surface area contributed by atoms with Gasteiger partial charge in [0.2, 0.25) is 0 Å². The summed E-state index contributed by atoms with van der Waals surface area (Å²) in [5, 5.41) is 10.3. The molecule has 2 saturated heterocycles. The molecular weight excluding hydrogens is 306 g/mol. The van der Waals surface area contributed by atoms with Crippen LogP contribution in [0.15, 0.2) is 24.5 Å². The number of aliphatic hydroxyl groups is 1. The molecule has 4 heterocycles. The van der Waals surface area contributed by atoms with Crippen LogP contribution in [0.1, 0.15) is 10.5 Å². The SMILES string of the molecule is O=C(c1cn2cc(Cl)ccc2n1)N1C[C@H]2COC[C@@]2(CO)C1. The summed E-state index contributed by atoms with van der Waals surface area (Å²) in [6, 6.07) is 3.53. The van der Waals surface area contributed by atoms with E-state index in [2.05, 4.69) is 4.98 Å². The molecule has 0 aromatic carbocycles. The summed E-state index contributed by atoms with van der Waals surface area (Å²) in [4.78, 5) is 18.8. The van der Waals surface area contributed by atoms with Crippen molar-refractivity contribution in [1.29, 1.82) is 0 Å². The first-order chi connectivity index (χ1) is 10.6. The number of likely N-dealkylation sites (tertiary alicyclic amines) is 1. The fourth-order valence-corrected chi connectivity index (χ4v) is 3.61. The summed E-state index contributed by atoms with van der Waals surface area (Å²) >= 11 is 5.95. The van der Waals surface area contributed by atoms with Crippen molar-refractivity contribution in [3.05, 3.63) is 35.2 Å². The van der Waals surface area contributed by atoms with E-state index in [1.807, 2.05) is 0 Å². The van der Waals surface area contributed by atoms with Crippen LogP contribution in [0, 0.1) is 11.3 Å². The molecular formula is C15H16ClN3O3. The van der Waals surface area contributed by atoms with Gasteiger partial charge in [-0.15, -0.1) is 0 Å². The van der Waals surface area contributed by atoms with E-state index < -0.39 is 0 Å². The summed E-state index contributed by atoms with van der Waals surface area (Å²) in [7, 11) is 0. The van der Waals surface area contributed by atoms with Gasteiger partial charge in [0.15, 0.2) is 0 Å². The molecule has 2 fully saturated rings. The maximum atomic E-state index is 12.7. The van der Waals surface area contributed by atoms with Crippen LogP contribution in [-0.4, -0.2) is 58.2 Å². The molecule has 2 aromatic rings. The highest BCUT2D eigenvalue weighted by atomic mass is 35.5. The Morgan fingerprint density at radius 3 is 3.14 bits per heavy atom.